The summed E-state index contributed by atoms with van der Waals surface area (Å²) in [6.45, 7) is 2.14. The van der Waals surface area contributed by atoms with Crippen LogP contribution in [0.2, 0.25) is 5.02 Å². The van der Waals surface area contributed by atoms with Crippen molar-refractivity contribution in [2.75, 3.05) is 19.6 Å². The maximum Gasteiger partial charge on any atom is 0.229 e. The summed E-state index contributed by atoms with van der Waals surface area (Å²) in [5, 5.41) is 4.00. The normalized spacial score (nSPS) is 16.5. The van der Waals surface area contributed by atoms with Crippen molar-refractivity contribution in [3.63, 3.8) is 0 Å². The molecule has 1 aromatic carbocycles. The van der Waals surface area contributed by atoms with Gasteiger partial charge in [-0.1, -0.05) is 17.7 Å². The number of nitrogens with one attached hydrogen (secondary N) is 1. The number of pyridine rings is 1. The molecule has 3 aromatic rings. The minimum Gasteiger partial charge on any atom is -0.444 e. The first kappa shape index (κ1) is 20.3. The molecule has 0 spiro atoms. The molecule has 0 bridgehead atoms. The molecule has 1 amide bonds. The fraction of sp³-hybridized carbons (Fsp3) is 0.250. The van der Waals surface area contributed by atoms with Crippen LogP contribution in [0.5, 0.6) is 0 Å². The van der Waals surface area contributed by atoms with Crippen LogP contribution in [0, 0.1) is 0 Å². The number of hydrogen-bond acceptors (Lipinski definition) is 5. The summed E-state index contributed by atoms with van der Waals surface area (Å²) in [6, 6.07) is 11.1. The van der Waals surface area contributed by atoms with E-state index < -0.39 is 0 Å². The molecule has 2 aromatic heterocycles. The highest BCUT2D eigenvalue weighted by Crippen LogP contribution is 2.24. The Hall–Kier alpha value is -2.41. The molecule has 0 saturated carbocycles. The molecule has 0 aliphatic carbocycles. The monoisotopic (exact) mass is 418 g/mol. The van der Waals surface area contributed by atoms with Crippen LogP contribution >= 0.6 is 24.0 Å². The lowest BCUT2D eigenvalue weighted by Gasteiger charge is -2.36. The predicted molar refractivity (Wildman–Crippen MR) is 109 cm³/mol. The largest absolute Gasteiger partial charge is 0.444 e. The van der Waals surface area contributed by atoms with Gasteiger partial charge in [-0.25, -0.2) is 4.98 Å². The number of hydrogen-bond donors (Lipinski definition) is 1. The third-order valence-electron chi connectivity index (χ3n) is 4.61. The zero-order valence-electron chi connectivity index (χ0n) is 15.0. The van der Waals surface area contributed by atoms with E-state index in [-0.39, 0.29) is 30.8 Å². The second-order valence-corrected chi connectivity index (χ2v) is 6.86. The molecule has 3 heterocycles. The van der Waals surface area contributed by atoms with Crippen molar-refractivity contribution >= 4 is 29.9 Å². The number of nitrogens with zero attached hydrogens (tertiary/aromatic N) is 3. The Balaban J connectivity index is 0.00000225. The SMILES string of the molecule is Cl.O=C(Cc1coc(-c2ccc(Cl)cc2)n1)N1CCNCC1c1cccnc1. The molecule has 146 valence electrons. The van der Waals surface area contributed by atoms with Gasteiger partial charge in [0.25, 0.3) is 0 Å². The molecule has 28 heavy (non-hydrogen) atoms. The minimum atomic E-state index is -0.0254. The lowest BCUT2D eigenvalue weighted by molar-refractivity contribution is -0.133. The quantitative estimate of drug-likeness (QED) is 0.701. The first-order valence-corrected chi connectivity index (χ1v) is 9.19. The van der Waals surface area contributed by atoms with Crippen molar-refractivity contribution in [1.82, 2.24) is 20.2 Å². The molecule has 0 radical (unpaired) electrons. The Morgan fingerprint density at radius 3 is 2.86 bits per heavy atom. The van der Waals surface area contributed by atoms with Gasteiger partial charge in [0.05, 0.1) is 18.2 Å². The van der Waals surface area contributed by atoms with E-state index in [2.05, 4.69) is 15.3 Å². The lowest BCUT2D eigenvalue weighted by atomic mass is 10.0. The fourth-order valence-electron chi connectivity index (χ4n) is 3.24. The molecule has 1 unspecified atom stereocenters. The van der Waals surface area contributed by atoms with Gasteiger partial charge in [0, 0.05) is 42.6 Å². The van der Waals surface area contributed by atoms with E-state index in [1.54, 1.807) is 24.6 Å². The fourth-order valence-corrected chi connectivity index (χ4v) is 3.37. The van der Waals surface area contributed by atoms with E-state index in [1.807, 2.05) is 35.4 Å². The van der Waals surface area contributed by atoms with Crippen LogP contribution in [0.4, 0.5) is 0 Å². The number of benzene rings is 1. The van der Waals surface area contributed by atoms with Gasteiger partial charge >= 0.3 is 0 Å². The van der Waals surface area contributed by atoms with Gasteiger partial charge in [-0.2, -0.15) is 0 Å². The van der Waals surface area contributed by atoms with Gasteiger partial charge < -0.3 is 14.6 Å². The number of rotatable bonds is 4. The van der Waals surface area contributed by atoms with E-state index in [0.29, 0.717) is 29.7 Å². The van der Waals surface area contributed by atoms with E-state index in [1.165, 1.54) is 0 Å². The standard InChI is InChI=1S/C20H19ClN4O2.ClH/c21-16-5-3-14(4-6-16)20-24-17(13-27-20)10-19(26)25-9-8-23-12-18(25)15-2-1-7-22-11-15;/h1-7,11,13,18,23H,8-10,12H2;1H. The number of carbonyl (C=O) groups is 1. The third kappa shape index (κ3) is 4.52. The van der Waals surface area contributed by atoms with Crippen LogP contribution in [0.15, 0.2) is 59.5 Å². The van der Waals surface area contributed by atoms with Crippen molar-refractivity contribution < 1.29 is 9.21 Å². The Labute approximate surface area is 174 Å². The van der Waals surface area contributed by atoms with Crippen molar-refractivity contribution in [2.24, 2.45) is 0 Å². The van der Waals surface area contributed by atoms with E-state index >= 15 is 0 Å². The lowest BCUT2D eigenvalue weighted by Crippen LogP contribution is -2.49. The van der Waals surface area contributed by atoms with Crippen LogP contribution in [0.25, 0.3) is 11.5 Å². The van der Waals surface area contributed by atoms with Crippen molar-refractivity contribution in [1.29, 1.82) is 0 Å². The van der Waals surface area contributed by atoms with E-state index in [9.17, 15) is 4.79 Å². The van der Waals surface area contributed by atoms with E-state index in [4.69, 9.17) is 16.0 Å². The van der Waals surface area contributed by atoms with Crippen molar-refractivity contribution in [3.05, 3.63) is 71.3 Å². The molecule has 1 aliphatic rings. The Morgan fingerprint density at radius 2 is 2.11 bits per heavy atom. The van der Waals surface area contributed by atoms with Gasteiger partial charge in [-0.3, -0.25) is 9.78 Å². The summed E-state index contributed by atoms with van der Waals surface area (Å²) in [4.78, 5) is 23.4. The summed E-state index contributed by atoms with van der Waals surface area (Å²) >= 11 is 5.91. The van der Waals surface area contributed by atoms with Crippen LogP contribution in [0.3, 0.4) is 0 Å². The Morgan fingerprint density at radius 1 is 1.29 bits per heavy atom. The average molecular weight is 419 g/mol. The van der Waals surface area contributed by atoms with Crippen LogP contribution in [-0.4, -0.2) is 40.4 Å². The highest BCUT2D eigenvalue weighted by molar-refractivity contribution is 6.30. The molecule has 1 atom stereocenters. The number of oxazole rings is 1. The predicted octanol–water partition coefficient (Wildman–Crippen LogP) is 3.53. The summed E-state index contributed by atoms with van der Waals surface area (Å²) < 4.78 is 5.54. The van der Waals surface area contributed by atoms with Crippen LogP contribution in [-0.2, 0) is 11.2 Å². The maximum atomic E-state index is 12.9. The van der Waals surface area contributed by atoms with Crippen molar-refractivity contribution in [2.45, 2.75) is 12.5 Å². The molecule has 6 nitrogen and oxygen atoms in total. The van der Waals surface area contributed by atoms with Gasteiger partial charge in [-0.05, 0) is 35.9 Å². The number of halogens is 2. The molecule has 8 heteroatoms. The first-order valence-electron chi connectivity index (χ1n) is 8.81. The molecule has 4 rings (SSSR count). The Kier molecular flexibility index (Phi) is 6.67. The highest BCUT2D eigenvalue weighted by Gasteiger charge is 2.28. The summed E-state index contributed by atoms with van der Waals surface area (Å²) in [5.41, 5.74) is 2.47. The topological polar surface area (TPSA) is 71.3 Å². The smallest absolute Gasteiger partial charge is 0.229 e. The summed E-state index contributed by atoms with van der Waals surface area (Å²) in [6.07, 6.45) is 5.29. The number of piperazine rings is 1. The summed E-state index contributed by atoms with van der Waals surface area (Å²) in [5.74, 6) is 0.514. The van der Waals surface area contributed by atoms with Gasteiger partial charge in [0.1, 0.15) is 6.26 Å². The number of amides is 1. The molecule has 1 saturated heterocycles. The van der Waals surface area contributed by atoms with Crippen LogP contribution in [0.1, 0.15) is 17.3 Å². The second-order valence-electron chi connectivity index (χ2n) is 6.42. The van der Waals surface area contributed by atoms with Crippen molar-refractivity contribution in [3.8, 4) is 11.5 Å². The first-order chi connectivity index (χ1) is 13.2. The molecule has 1 fully saturated rings. The molecule has 1 aliphatic heterocycles. The molecule has 1 N–H and O–H groups in total. The van der Waals surface area contributed by atoms with Gasteiger partial charge in [0.15, 0.2) is 0 Å². The van der Waals surface area contributed by atoms with E-state index in [0.717, 1.165) is 17.7 Å². The zero-order valence-corrected chi connectivity index (χ0v) is 16.6. The second kappa shape index (κ2) is 9.19. The van der Waals surface area contributed by atoms with Gasteiger partial charge in [0.2, 0.25) is 11.8 Å². The zero-order chi connectivity index (χ0) is 18.6. The number of aromatic nitrogens is 2. The number of carbonyl (C=O) groups excluding carboxylic acids is 1. The Bertz CT molecular complexity index is 915. The van der Waals surface area contributed by atoms with Crippen LogP contribution < -0.4 is 5.32 Å². The average Bonchev–Trinajstić information content (AvgIpc) is 3.17. The molecular formula is C20H20Cl2N4O2. The molecular weight excluding hydrogens is 399 g/mol. The van der Waals surface area contributed by atoms with Gasteiger partial charge in [-0.15, -0.1) is 12.4 Å². The third-order valence-corrected chi connectivity index (χ3v) is 4.86. The maximum absolute atomic E-state index is 12.9. The highest BCUT2D eigenvalue weighted by atomic mass is 35.5. The summed E-state index contributed by atoms with van der Waals surface area (Å²) in [7, 11) is 0. The minimum absolute atomic E-state index is 0.